The highest BCUT2D eigenvalue weighted by Gasteiger charge is 2.18. The lowest BCUT2D eigenvalue weighted by atomic mass is 9.94. The normalized spacial score (nSPS) is 12.8. The number of carbonyl (C=O) groups is 1. The molecule has 0 aliphatic carbocycles. The first-order valence-electron chi connectivity index (χ1n) is 9.73. The maximum absolute atomic E-state index is 14.0. The first-order chi connectivity index (χ1) is 13.6. The molecule has 0 aromatic heterocycles. The fraction of sp³-hybridized carbons (Fsp3) is 0.409. The van der Waals surface area contributed by atoms with E-state index in [0.717, 1.165) is 36.8 Å². The van der Waals surface area contributed by atoms with E-state index in [2.05, 4.69) is 55.7 Å². The molecule has 0 heterocycles. The Morgan fingerprint density at radius 1 is 1.10 bits per heavy atom. The van der Waals surface area contributed by atoms with Crippen molar-refractivity contribution < 1.29 is 17.6 Å². The van der Waals surface area contributed by atoms with Crippen molar-refractivity contribution in [1.29, 1.82) is 0 Å². The fourth-order valence-electron chi connectivity index (χ4n) is 3.15. The standard InChI is InChI=1S/C22H29FN2O3S/c1-5-6-16-7-9-17(10-8-16)22(15(2)3)24-14-21(26)25-20-13-18(29(4,27)28)11-12-19(20)23/h7-13,15,22,24H,5-6,14H2,1-4H3,(H,25,26). The van der Waals surface area contributed by atoms with Gasteiger partial charge in [0.15, 0.2) is 9.84 Å². The second-order valence-electron chi connectivity index (χ2n) is 7.56. The summed E-state index contributed by atoms with van der Waals surface area (Å²) in [5.74, 6) is -0.884. The summed E-state index contributed by atoms with van der Waals surface area (Å²) in [7, 11) is -3.49. The van der Waals surface area contributed by atoms with Crippen LogP contribution >= 0.6 is 0 Å². The Labute approximate surface area is 172 Å². The minimum Gasteiger partial charge on any atom is -0.322 e. The molecule has 2 rings (SSSR count). The third-order valence-electron chi connectivity index (χ3n) is 4.67. The van der Waals surface area contributed by atoms with Gasteiger partial charge in [0.05, 0.1) is 17.1 Å². The number of aryl methyl sites for hydroxylation is 1. The second-order valence-corrected chi connectivity index (χ2v) is 9.57. The van der Waals surface area contributed by atoms with E-state index >= 15 is 0 Å². The molecule has 2 aromatic carbocycles. The van der Waals surface area contributed by atoms with Crippen LogP contribution in [-0.2, 0) is 21.1 Å². The van der Waals surface area contributed by atoms with Crippen LogP contribution in [-0.4, -0.2) is 27.1 Å². The lowest BCUT2D eigenvalue weighted by Gasteiger charge is -2.23. The Kier molecular flexibility index (Phi) is 7.93. The lowest BCUT2D eigenvalue weighted by molar-refractivity contribution is -0.115. The number of benzene rings is 2. The average Bonchev–Trinajstić information content (AvgIpc) is 2.64. The van der Waals surface area contributed by atoms with E-state index in [4.69, 9.17) is 0 Å². The van der Waals surface area contributed by atoms with Gasteiger partial charge in [0.25, 0.3) is 0 Å². The molecule has 0 spiro atoms. The van der Waals surface area contributed by atoms with E-state index in [-0.39, 0.29) is 29.1 Å². The number of amides is 1. The van der Waals surface area contributed by atoms with Gasteiger partial charge in [0, 0.05) is 12.3 Å². The van der Waals surface area contributed by atoms with E-state index < -0.39 is 21.6 Å². The third kappa shape index (κ3) is 6.65. The van der Waals surface area contributed by atoms with Gasteiger partial charge in [0.1, 0.15) is 5.82 Å². The van der Waals surface area contributed by atoms with Gasteiger partial charge in [-0.2, -0.15) is 0 Å². The van der Waals surface area contributed by atoms with Crippen molar-refractivity contribution in [3.63, 3.8) is 0 Å². The SMILES string of the molecule is CCCc1ccc(C(NCC(=O)Nc2cc(S(C)(=O)=O)ccc2F)C(C)C)cc1. The topological polar surface area (TPSA) is 75.3 Å². The van der Waals surface area contributed by atoms with Crippen LogP contribution in [0.5, 0.6) is 0 Å². The van der Waals surface area contributed by atoms with E-state index in [0.29, 0.717) is 0 Å². The Hall–Kier alpha value is -2.25. The van der Waals surface area contributed by atoms with Crippen LogP contribution in [0.15, 0.2) is 47.4 Å². The highest BCUT2D eigenvalue weighted by atomic mass is 32.2. The molecule has 1 unspecified atom stereocenters. The third-order valence-corrected chi connectivity index (χ3v) is 5.78. The molecule has 2 aromatic rings. The number of nitrogens with one attached hydrogen (secondary N) is 2. The molecule has 29 heavy (non-hydrogen) atoms. The molecule has 1 amide bonds. The summed E-state index contributed by atoms with van der Waals surface area (Å²) < 4.78 is 37.3. The van der Waals surface area contributed by atoms with Crippen LogP contribution in [0.2, 0.25) is 0 Å². The molecule has 1 atom stereocenters. The molecular weight excluding hydrogens is 391 g/mol. The van der Waals surface area contributed by atoms with Crippen LogP contribution in [0.25, 0.3) is 0 Å². The Morgan fingerprint density at radius 3 is 2.31 bits per heavy atom. The zero-order chi connectivity index (χ0) is 21.6. The van der Waals surface area contributed by atoms with Crippen molar-refractivity contribution in [2.24, 2.45) is 5.92 Å². The maximum atomic E-state index is 14.0. The van der Waals surface area contributed by atoms with E-state index in [1.807, 2.05) is 0 Å². The fourth-order valence-corrected chi connectivity index (χ4v) is 3.79. The summed E-state index contributed by atoms with van der Waals surface area (Å²) in [5.41, 5.74) is 2.21. The van der Waals surface area contributed by atoms with Crippen LogP contribution in [0.1, 0.15) is 44.4 Å². The largest absolute Gasteiger partial charge is 0.322 e. The van der Waals surface area contributed by atoms with Gasteiger partial charge in [0.2, 0.25) is 5.91 Å². The van der Waals surface area contributed by atoms with Gasteiger partial charge in [-0.25, -0.2) is 12.8 Å². The lowest BCUT2D eigenvalue weighted by Crippen LogP contribution is -2.33. The number of carbonyl (C=O) groups excluding carboxylic acids is 1. The monoisotopic (exact) mass is 420 g/mol. The molecule has 0 fully saturated rings. The van der Waals surface area contributed by atoms with Crippen molar-refractivity contribution in [1.82, 2.24) is 5.32 Å². The summed E-state index contributed by atoms with van der Waals surface area (Å²) in [6.45, 7) is 6.23. The van der Waals surface area contributed by atoms with Crippen LogP contribution in [0.3, 0.4) is 0 Å². The van der Waals surface area contributed by atoms with Gasteiger partial charge in [-0.05, 0) is 41.7 Å². The predicted molar refractivity (Wildman–Crippen MR) is 114 cm³/mol. The minimum atomic E-state index is -3.49. The summed E-state index contributed by atoms with van der Waals surface area (Å²) >= 11 is 0. The summed E-state index contributed by atoms with van der Waals surface area (Å²) in [6.07, 6.45) is 3.15. The molecule has 0 radical (unpaired) electrons. The maximum Gasteiger partial charge on any atom is 0.238 e. The molecule has 0 aliphatic rings. The van der Waals surface area contributed by atoms with Gasteiger partial charge >= 0.3 is 0 Å². The molecule has 7 heteroatoms. The molecule has 0 bridgehead atoms. The van der Waals surface area contributed by atoms with Crippen LogP contribution < -0.4 is 10.6 Å². The first kappa shape index (κ1) is 23.0. The van der Waals surface area contributed by atoms with E-state index in [1.165, 1.54) is 11.6 Å². The number of sulfone groups is 1. The highest BCUT2D eigenvalue weighted by molar-refractivity contribution is 7.90. The van der Waals surface area contributed by atoms with E-state index in [1.54, 1.807) is 0 Å². The number of anilines is 1. The summed E-state index contributed by atoms with van der Waals surface area (Å²) in [4.78, 5) is 12.3. The second kappa shape index (κ2) is 9.98. The highest BCUT2D eigenvalue weighted by Crippen LogP contribution is 2.23. The molecule has 158 valence electrons. The number of hydrogen-bond acceptors (Lipinski definition) is 4. The molecule has 0 aliphatic heterocycles. The van der Waals surface area contributed by atoms with Gasteiger partial charge in [-0.1, -0.05) is 51.5 Å². The Bertz CT molecular complexity index is 941. The van der Waals surface area contributed by atoms with Crippen molar-refractivity contribution in [2.75, 3.05) is 18.1 Å². The summed E-state index contributed by atoms with van der Waals surface area (Å²) in [6, 6.07) is 11.6. The minimum absolute atomic E-state index is 0.0257. The van der Waals surface area contributed by atoms with Crippen molar-refractivity contribution >= 4 is 21.4 Å². The van der Waals surface area contributed by atoms with Gasteiger partial charge in [-0.3, -0.25) is 4.79 Å². The van der Waals surface area contributed by atoms with Crippen molar-refractivity contribution in [3.05, 3.63) is 59.4 Å². The quantitative estimate of drug-likeness (QED) is 0.599. The first-order valence-corrected chi connectivity index (χ1v) is 11.6. The Morgan fingerprint density at radius 2 is 1.76 bits per heavy atom. The zero-order valence-electron chi connectivity index (χ0n) is 17.3. The number of hydrogen-bond donors (Lipinski definition) is 2. The molecule has 0 saturated carbocycles. The summed E-state index contributed by atoms with van der Waals surface area (Å²) in [5, 5.41) is 5.67. The van der Waals surface area contributed by atoms with Crippen molar-refractivity contribution in [2.45, 2.75) is 44.6 Å². The molecule has 5 nitrogen and oxygen atoms in total. The predicted octanol–water partition coefficient (Wildman–Crippen LogP) is 4.11. The molecular formula is C22H29FN2O3S. The van der Waals surface area contributed by atoms with Gasteiger partial charge in [-0.15, -0.1) is 0 Å². The Balaban J connectivity index is 2.06. The van der Waals surface area contributed by atoms with Crippen LogP contribution in [0.4, 0.5) is 10.1 Å². The number of halogens is 1. The average molecular weight is 421 g/mol. The molecule has 0 saturated heterocycles. The zero-order valence-corrected chi connectivity index (χ0v) is 18.1. The molecule has 2 N–H and O–H groups in total. The smallest absolute Gasteiger partial charge is 0.238 e. The van der Waals surface area contributed by atoms with E-state index in [9.17, 15) is 17.6 Å². The number of rotatable bonds is 9. The van der Waals surface area contributed by atoms with Crippen molar-refractivity contribution in [3.8, 4) is 0 Å². The van der Waals surface area contributed by atoms with Crippen LogP contribution in [0, 0.1) is 11.7 Å². The van der Waals surface area contributed by atoms with Gasteiger partial charge < -0.3 is 10.6 Å².